The predicted octanol–water partition coefficient (Wildman–Crippen LogP) is 2.02. The Hall–Kier alpha value is -1.33. The fraction of sp³-hybridized carbons (Fsp3) is 0.300. The van der Waals surface area contributed by atoms with Crippen LogP contribution in [-0.4, -0.2) is 5.11 Å². The molecule has 0 radical (unpaired) electrons. The Kier molecular flexibility index (Phi) is 3.31. The Bertz CT molecular complexity index is 263. The van der Waals surface area contributed by atoms with Gasteiger partial charge in [0.25, 0.3) is 0 Å². The summed E-state index contributed by atoms with van der Waals surface area (Å²) in [5.74, 6) is 0. The Morgan fingerprint density at radius 2 is 2.00 bits per heavy atom. The first-order valence-corrected chi connectivity index (χ1v) is 3.94. The quantitative estimate of drug-likeness (QED) is 0.737. The zero-order valence-electron chi connectivity index (χ0n) is 6.77. The van der Waals surface area contributed by atoms with Gasteiger partial charge in [0.1, 0.15) is 0 Å². The van der Waals surface area contributed by atoms with E-state index in [4.69, 9.17) is 5.26 Å². The third kappa shape index (κ3) is 2.37. The van der Waals surface area contributed by atoms with E-state index in [9.17, 15) is 5.11 Å². The molecule has 1 unspecified atom stereocenters. The minimum Gasteiger partial charge on any atom is -0.388 e. The van der Waals surface area contributed by atoms with Crippen molar-refractivity contribution in [3.8, 4) is 6.07 Å². The molecule has 0 bridgehead atoms. The fourth-order valence-corrected chi connectivity index (χ4v) is 1.04. The van der Waals surface area contributed by atoms with E-state index >= 15 is 0 Å². The first-order chi connectivity index (χ1) is 5.84. The maximum absolute atomic E-state index is 9.50. The van der Waals surface area contributed by atoms with Crippen molar-refractivity contribution in [1.82, 2.24) is 0 Å². The SMILES string of the molecule is N#CCCC(O)c1ccccc1. The van der Waals surface area contributed by atoms with Crippen molar-refractivity contribution in [3.05, 3.63) is 35.9 Å². The topological polar surface area (TPSA) is 44.0 Å². The van der Waals surface area contributed by atoms with Gasteiger partial charge in [-0.2, -0.15) is 5.26 Å². The van der Waals surface area contributed by atoms with E-state index in [2.05, 4.69) is 0 Å². The van der Waals surface area contributed by atoms with Gasteiger partial charge in [-0.3, -0.25) is 0 Å². The van der Waals surface area contributed by atoms with Crippen LogP contribution in [0.2, 0.25) is 0 Å². The van der Waals surface area contributed by atoms with Crippen molar-refractivity contribution in [3.63, 3.8) is 0 Å². The summed E-state index contributed by atoms with van der Waals surface area (Å²) in [5.41, 5.74) is 0.882. The lowest BCUT2D eigenvalue weighted by Crippen LogP contribution is -1.95. The Balaban J connectivity index is 2.55. The minimum absolute atomic E-state index is 0.399. The third-order valence-electron chi connectivity index (χ3n) is 1.71. The molecule has 0 saturated carbocycles. The lowest BCUT2D eigenvalue weighted by molar-refractivity contribution is 0.169. The van der Waals surface area contributed by atoms with Crippen LogP contribution in [0.4, 0.5) is 0 Å². The highest BCUT2D eigenvalue weighted by Crippen LogP contribution is 2.16. The summed E-state index contributed by atoms with van der Waals surface area (Å²) < 4.78 is 0. The van der Waals surface area contributed by atoms with Crippen molar-refractivity contribution < 1.29 is 5.11 Å². The zero-order valence-corrected chi connectivity index (χ0v) is 6.77. The average Bonchev–Trinajstić information content (AvgIpc) is 2.15. The van der Waals surface area contributed by atoms with Gasteiger partial charge in [0.2, 0.25) is 0 Å². The molecule has 1 atom stereocenters. The summed E-state index contributed by atoms with van der Waals surface area (Å²) in [7, 11) is 0. The normalized spacial score (nSPS) is 12.0. The van der Waals surface area contributed by atoms with Gasteiger partial charge in [-0.05, 0) is 12.0 Å². The molecule has 62 valence electrons. The van der Waals surface area contributed by atoms with Crippen molar-refractivity contribution >= 4 is 0 Å². The van der Waals surface area contributed by atoms with Crippen molar-refractivity contribution in [2.24, 2.45) is 0 Å². The monoisotopic (exact) mass is 161 g/mol. The number of aliphatic hydroxyl groups excluding tert-OH is 1. The average molecular weight is 161 g/mol. The van der Waals surface area contributed by atoms with Crippen LogP contribution in [-0.2, 0) is 0 Å². The first-order valence-electron chi connectivity index (χ1n) is 3.94. The van der Waals surface area contributed by atoms with Gasteiger partial charge in [0, 0.05) is 6.42 Å². The summed E-state index contributed by atoms with van der Waals surface area (Å²) >= 11 is 0. The van der Waals surface area contributed by atoms with Crippen LogP contribution in [0.15, 0.2) is 30.3 Å². The van der Waals surface area contributed by atoms with Gasteiger partial charge in [0.15, 0.2) is 0 Å². The summed E-state index contributed by atoms with van der Waals surface area (Å²) in [6.07, 6.45) is 0.419. The molecule has 0 heterocycles. The largest absolute Gasteiger partial charge is 0.388 e. The summed E-state index contributed by atoms with van der Waals surface area (Å²) in [5, 5.41) is 17.8. The molecule has 0 amide bonds. The maximum atomic E-state index is 9.50. The van der Waals surface area contributed by atoms with E-state index in [1.807, 2.05) is 36.4 Å². The van der Waals surface area contributed by atoms with Crippen LogP contribution >= 0.6 is 0 Å². The molecule has 1 N–H and O–H groups in total. The van der Waals surface area contributed by atoms with Crippen molar-refractivity contribution in [2.75, 3.05) is 0 Å². The van der Waals surface area contributed by atoms with Crippen LogP contribution in [0.25, 0.3) is 0 Å². The number of nitriles is 1. The molecule has 0 aromatic heterocycles. The van der Waals surface area contributed by atoms with Crippen LogP contribution in [0.5, 0.6) is 0 Å². The molecule has 0 aliphatic rings. The number of benzene rings is 1. The first kappa shape index (κ1) is 8.76. The molecule has 12 heavy (non-hydrogen) atoms. The van der Waals surface area contributed by atoms with E-state index in [-0.39, 0.29) is 0 Å². The number of rotatable bonds is 3. The minimum atomic E-state index is -0.495. The molecule has 2 nitrogen and oxygen atoms in total. The van der Waals surface area contributed by atoms with Crippen molar-refractivity contribution in [2.45, 2.75) is 18.9 Å². The lowest BCUT2D eigenvalue weighted by atomic mass is 10.1. The fourth-order valence-electron chi connectivity index (χ4n) is 1.04. The third-order valence-corrected chi connectivity index (χ3v) is 1.71. The second-order valence-electron chi connectivity index (χ2n) is 2.62. The number of hydrogen-bond donors (Lipinski definition) is 1. The molecular formula is C10H11NO. The zero-order chi connectivity index (χ0) is 8.81. The summed E-state index contributed by atoms with van der Waals surface area (Å²) in [4.78, 5) is 0. The molecule has 0 spiro atoms. The standard InChI is InChI=1S/C10H11NO/c11-8-4-7-10(12)9-5-2-1-3-6-9/h1-3,5-6,10,12H,4,7H2. The molecule has 0 saturated heterocycles. The maximum Gasteiger partial charge on any atom is 0.0799 e. The lowest BCUT2D eigenvalue weighted by Gasteiger charge is -2.07. The molecule has 0 fully saturated rings. The Morgan fingerprint density at radius 3 is 2.58 bits per heavy atom. The predicted molar refractivity (Wildman–Crippen MR) is 46.2 cm³/mol. The van der Waals surface area contributed by atoms with E-state index in [0.717, 1.165) is 5.56 Å². The van der Waals surface area contributed by atoms with Gasteiger partial charge >= 0.3 is 0 Å². The highest BCUT2D eigenvalue weighted by Gasteiger charge is 2.04. The van der Waals surface area contributed by atoms with Gasteiger partial charge < -0.3 is 5.11 Å². The molecular weight excluding hydrogens is 150 g/mol. The van der Waals surface area contributed by atoms with E-state index in [1.54, 1.807) is 0 Å². The van der Waals surface area contributed by atoms with Crippen molar-refractivity contribution in [1.29, 1.82) is 5.26 Å². The highest BCUT2D eigenvalue weighted by molar-refractivity contribution is 5.17. The molecule has 1 aromatic rings. The van der Waals surface area contributed by atoms with Gasteiger partial charge in [-0.1, -0.05) is 30.3 Å². The summed E-state index contributed by atoms with van der Waals surface area (Å²) in [6.45, 7) is 0. The molecule has 1 rings (SSSR count). The van der Waals surface area contributed by atoms with Gasteiger partial charge in [0.05, 0.1) is 12.2 Å². The second-order valence-corrected chi connectivity index (χ2v) is 2.62. The van der Waals surface area contributed by atoms with Crippen LogP contribution in [0, 0.1) is 11.3 Å². The number of hydrogen-bond acceptors (Lipinski definition) is 2. The Labute approximate surface area is 72.1 Å². The second kappa shape index (κ2) is 4.53. The molecule has 1 aromatic carbocycles. The number of nitrogens with zero attached hydrogens (tertiary/aromatic N) is 1. The van der Waals surface area contributed by atoms with E-state index in [0.29, 0.717) is 12.8 Å². The van der Waals surface area contributed by atoms with E-state index in [1.165, 1.54) is 0 Å². The molecule has 0 aliphatic heterocycles. The van der Waals surface area contributed by atoms with E-state index < -0.39 is 6.10 Å². The van der Waals surface area contributed by atoms with Gasteiger partial charge in [-0.25, -0.2) is 0 Å². The van der Waals surface area contributed by atoms with Crippen LogP contribution in [0.1, 0.15) is 24.5 Å². The Morgan fingerprint density at radius 1 is 1.33 bits per heavy atom. The number of aliphatic hydroxyl groups is 1. The van der Waals surface area contributed by atoms with Crippen LogP contribution in [0.3, 0.4) is 0 Å². The highest BCUT2D eigenvalue weighted by atomic mass is 16.3. The van der Waals surface area contributed by atoms with Crippen LogP contribution < -0.4 is 0 Å². The smallest absolute Gasteiger partial charge is 0.0799 e. The summed E-state index contributed by atoms with van der Waals surface area (Å²) in [6, 6.07) is 11.4. The molecule has 0 aliphatic carbocycles. The van der Waals surface area contributed by atoms with Gasteiger partial charge in [-0.15, -0.1) is 0 Å². The molecule has 2 heteroatoms.